The smallest absolute Gasteiger partial charge is 0.326 e. The van der Waals surface area contributed by atoms with Crippen molar-refractivity contribution in [3.05, 3.63) is 63.2 Å². The van der Waals surface area contributed by atoms with Gasteiger partial charge in [-0.2, -0.15) is 4.99 Å². The van der Waals surface area contributed by atoms with E-state index >= 15 is 0 Å². The van der Waals surface area contributed by atoms with Crippen molar-refractivity contribution in [2.75, 3.05) is 12.4 Å². The fourth-order valence-electron chi connectivity index (χ4n) is 2.56. The minimum Gasteiger partial charge on any atom is -0.465 e. The number of amides is 1. The molecule has 1 aromatic heterocycles. The van der Waals surface area contributed by atoms with Crippen molar-refractivity contribution in [1.29, 1.82) is 0 Å². The molecular weight excluding hydrogens is 433 g/mol. The minimum absolute atomic E-state index is 0.0133. The molecule has 0 unspecified atom stereocenters. The second kappa shape index (κ2) is 9.63. The molecule has 0 aliphatic heterocycles. The molecule has 156 valence electrons. The van der Waals surface area contributed by atoms with Crippen LogP contribution in [-0.4, -0.2) is 33.7 Å². The largest absolute Gasteiger partial charge is 0.465 e. The molecule has 11 heteroatoms. The summed E-state index contributed by atoms with van der Waals surface area (Å²) >= 11 is 2.34. The number of rotatable bonds is 7. The summed E-state index contributed by atoms with van der Waals surface area (Å²) in [6.07, 6.45) is 0. The zero-order valence-corrected chi connectivity index (χ0v) is 17.4. The van der Waals surface area contributed by atoms with E-state index in [2.05, 4.69) is 4.99 Å². The van der Waals surface area contributed by atoms with Gasteiger partial charge < -0.3 is 9.30 Å². The Morgan fingerprint density at radius 3 is 2.67 bits per heavy atom. The lowest BCUT2D eigenvalue weighted by molar-refractivity contribution is -0.384. The van der Waals surface area contributed by atoms with E-state index in [4.69, 9.17) is 4.74 Å². The fraction of sp³-hybridized carbons (Fsp3) is 0.211. The highest BCUT2D eigenvalue weighted by Crippen LogP contribution is 2.23. The molecule has 0 aliphatic carbocycles. The third-order valence-corrected chi connectivity index (χ3v) is 5.92. The first-order valence-electron chi connectivity index (χ1n) is 8.76. The summed E-state index contributed by atoms with van der Waals surface area (Å²) in [5.41, 5.74) is 0.280. The van der Waals surface area contributed by atoms with E-state index in [0.717, 1.165) is 11.3 Å². The van der Waals surface area contributed by atoms with Crippen LogP contribution in [0.1, 0.15) is 6.92 Å². The minimum atomic E-state index is -0.543. The number of hydrogen-bond acceptors (Lipinski definition) is 7. The number of non-ortho nitro benzene ring substituents is 1. The van der Waals surface area contributed by atoms with Crippen molar-refractivity contribution >= 4 is 50.9 Å². The number of thioether (sulfide) groups is 1. The number of esters is 1. The number of carbonyl (C=O) groups is 2. The summed E-state index contributed by atoms with van der Waals surface area (Å²) in [5.74, 6) is -1.35. The fourth-order valence-corrected chi connectivity index (χ4v) is 4.27. The van der Waals surface area contributed by atoms with Gasteiger partial charge >= 0.3 is 5.97 Å². The van der Waals surface area contributed by atoms with Gasteiger partial charge in [-0.25, -0.2) is 4.39 Å². The van der Waals surface area contributed by atoms with Gasteiger partial charge in [0.15, 0.2) is 4.80 Å². The van der Waals surface area contributed by atoms with E-state index < -0.39 is 16.8 Å². The lowest BCUT2D eigenvalue weighted by atomic mass is 10.3. The van der Waals surface area contributed by atoms with Crippen LogP contribution in [0.4, 0.5) is 10.1 Å². The van der Waals surface area contributed by atoms with Crippen molar-refractivity contribution in [2.24, 2.45) is 4.99 Å². The maximum Gasteiger partial charge on any atom is 0.326 e. The molecule has 3 aromatic rings. The van der Waals surface area contributed by atoms with Crippen molar-refractivity contribution in [3.8, 4) is 0 Å². The van der Waals surface area contributed by atoms with Gasteiger partial charge in [-0.1, -0.05) is 11.3 Å². The van der Waals surface area contributed by atoms with Crippen molar-refractivity contribution < 1.29 is 23.6 Å². The van der Waals surface area contributed by atoms with Crippen LogP contribution in [0.5, 0.6) is 0 Å². The number of carbonyl (C=O) groups excluding carboxylic acids is 2. The van der Waals surface area contributed by atoms with Crippen LogP contribution < -0.4 is 4.80 Å². The van der Waals surface area contributed by atoms with Gasteiger partial charge in [-0.3, -0.25) is 19.7 Å². The molecule has 1 heterocycles. The number of nitrogens with zero attached hydrogens (tertiary/aromatic N) is 3. The number of benzene rings is 2. The molecule has 8 nitrogen and oxygen atoms in total. The molecule has 0 saturated heterocycles. The van der Waals surface area contributed by atoms with Crippen LogP contribution in [0.25, 0.3) is 10.2 Å². The van der Waals surface area contributed by atoms with E-state index in [0.29, 0.717) is 15.1 Å². The number of nitro groups is 1. The number of fused-ring (bicyclic) bond motifs is 1. The monoisotopic (exact) mass is 449 g/mol. The Bertz CT molecular complexity index is 1170. The standard InChI is InChI=1S/C19H16FN3O5S2/c1-2-28-18(25)10-22-15-9-13(23(26)27)5-8-16(15)30-19(22)21-17(24)11-29-14-6-3-12(20)4-7-14/h3-9H,2,10-11H2,1H3. The van der Waals surface area contributed by atoms with Crippen LogP contribution in [0.2, 0.25) is 0 Å². The lowest BCUT2D eigenvalue weighted by Crippen LogP contribution is -2.23. The van der Waals surface area contributed by atoms with Crippen LogP contribution in [0.15, 0.2) is 52.4 Å². The first-order valence-corrected chi connectivity index (χ1v) is 10.6. The molecule has 3 rings (SSSR count). The number of nitro benzene ring substituents is 1. The van der Waals surface area contributed by atoms with E-state index in [1.165, 1.54) is 40.6 Å². The number of halogens is 1. The molecule has 0 bridgehead atoms. The molecule has 0 N–H and O–H groups in total. The summed E-state index contributed by atoms with van der Waals surface area (Å²) in [7, 11) is 0. The predicted molar refractivity (Wildman–Crippen MR) is 111 cm³/mol. The number of thiazole rings is 1. The van der Waals surface area contributed by atoms with Crippen LogP contribution in [-0.2, 0) is 20.9 Å². The topological polar surface area (TPSA) is 104 Å². The maximum atomic E-state index is 13.0. The summed E-state index contributed by atoms with van der Waals surface area (Å²) in [6, 6.07) is 9.97. The van der Waals surface area contributed by atoms with E-state index in [1.807, 2.05) is 0 Å². The summed E-state index contributed by atoms with van der Waals surface area (Å²) in [4.78, 5) is 40.0. The normalized spacial score (nSPS) is 11.6. The Morgan fingerprint density at radius 1 is 1.27 bits per heavy atom. The Labute approximate surface area is 178 Å². The number of ether oxygens (including phenoxy) is 1. The molecule has 0 saturated carbocycles. The quantitative estimate of drug-likeness (QED) is 0.237. The van der Waals surface area contributed by atoms with Gasteiger partial charge in [-0.15, -0.1) is 11.8 Å². The van der Waals surface area contributed by atoms with Crippen molar-refractivity contribution in [2.45, 2.75) is 18.4 Å². The van der Waals surface area contributed by atoms with Gasteiger partial charge in [0.05, 0.1) is 27.5 Å². The first kappa shape index (κ1) is 21.7. The molecule has 0 radical (unpaired) electrons. The number of aromatic nitrogens is 1. The summed E-state index contributed by atoms with van der Waals surface area (Å²) < 4.78 is 20.0. The molecular formula is C19H16FN3O5S2. The first-order chi connectivity index (χ1) is 14.4. The Balaban J connectivity index is 1.93. The molecule has 0 aliphatic rings. The second-order valence-electron chi connectivity index (χ2n) is 5.93. The third kappa shape index (κ3) is 5.30. The van der Waals surface area contributed by atoms with Crippen LogP contribution in [0.3, 0.4) is 0 Å². The van der Waals surface area contributed by atoms with Crippen LogP contribution >= 0.6 is 23.1 Å². The lowest BCUT2D eigenvalue weighted by Gasteiger charge is -2.05. The van der Waals surface area contributed by atoms with Crippen LogP contribution in [0, 0.1) is 15.9 Å². The van der Waals surface area contributed by atoms with Crippen molar-refractivity contribution in [1.82, 2.24) is 4.57 Å². The molecule has 2 aromatic carbocycles. The number of hydrogen-bond donors (Lipinski definition) is 0. The third-order valence-electron chi connectivity index (χ3n) is 3.87. The van der Waals surface area contributed by atoms with Gasteiger partial charge in [0.1, 0.15) is 12.4 Å². The molecule has 0 atom stereocenters. The molecule has 1 amide bonds. The average molecular weight is 449 g/mol. The molecule has 0 fully saturated rings. The highest BCUT2D eigenvalue weighted by Gasteiger charge is 2.15. The zero-order chi connectivity index (χ0) is 21.7. The maximum absolute atomic E-state index is 13.0. The Kier molecular flexibility index (Phi) is 6.95. The highest BCUT2D eigenvalue weighted by atomic mass is 32.2. The molecule has 0 spiro atoms. The Hall–Kier alpha value is -3.05. The van der Waals surface area contributed by atoms with Gasteiger partial charge in [0, 0.05) is 17.0 Å². The van der Waals surface area contributed by atoms with E-state index in [1.54, 1.807) is 25.1 Å². The SMILES string of the molecule is CCOC(=O)Cn1c(=NC(=O)CSc2ccc(F)cc2)sc2ccc([N+](=O)[O-])cc21. The molecule has 30 heavy (non-hydrogen) atoms. The van der Waals surface area contributed by atoms with Gasteiger partial charge in [-0.05, 0) is 37.3 Å². The Morgan fingerprint density at radius 2 is 2.00 bits per heavy atom. The average Bonchev–Trinajstić information content (AvgIpc) is 3.04. The predicted octanol–water partition coefficient (Wildman–Crippen LogP) is 3.53. The highest BCUT2D eigenvalue weighted by molar-refractivity contribution is 8.00. The second-order valence-corrected chi connectivity index (χ2v) is 7.99. The summed E-state index contributed by atoms with van der Waals surface area (Å²) in [5, 5.41) is 11.1. The zero-order valence-electron chi connectivity index (χ0n) is 15.7. The van der Waals surface area contributed by atoms with Gasteiger partial charge in [0.25, 0.3) is 11.6 Å². The van der Waals surface area contributed by atoms with Gasteiger partial charge in [0.2, 0.25) is 0 Å². The van der Waals surface area contributed by atoms with E-state index in [-0.39, 0.29) is 35.2 Å². The summed E-state index contributed by atoms with van der Waals surface area (Å²) in [6.45, 7) is 1.62. The van der Waals surface area contributed by atoms with E-state index in [9.17, 15) is 24.1 Å². The van der Waals surface area contributed by atoms with Crippen molar-refractivity contribution in [3.63, 3.8) is 0 Å².